The molecule has 0 aromatic heterocycles. The fourth-order valence-electron chi connectivity index (χ4n) is 2.81. The Morgan fingerprint density at radius 3 is 2.28 bits per heavy atom. The maximum atomic E-state index is 11.9. The first-order valence-corrected chi connectivity index (χ1v) is 7.99. The molecule has 3 aromatic carbocycles. The lowest BCUT2D eigenvalue weighted by atomic mass is 9.98. The van der Waals surface area contributed by atoms with Crippen LogP contribution in [-0.2, 0) is 6.42 Å². The zero-order valence-electron chi connectivity index (χ0n) is 14.2. The molecule has 5 heteroatoms. The largest absolute Gasteiger partial charge is 0.493 e. The van der Waals surface area contributed by atoms with E-state index in [1.165, 1.54) is 0 Å². The molecule has 0 spiro atoms. The molecule has 0 bridgehead atoms. The Bertz CT molecular complexity index is 940. The molecule has 0 aliphatic carbocycles. The molecule has 0 saturated heterocycles. The summed E-state index contributed by atoms with van der Waals surface area (Å²) in [4.78, 5) is 23.7. The average Bonchev–Trinajstić information content (AvgIpc) is 2.67. The molecule has 0 fully saturated rings. The van der Waals surface area contributed by atoms with E-state index in [4.69, 9.17) is 9.47 Å². The van der Waals surface area contributed by atoms with Gasteiger partial charge in [-0.2, -0.15) is 0 Å². The van der Waals surface area contributed by atoms with E-state index in [1.54, 1.807) is 14.2 Å². The molecule has 0 amide bonds. The molecular formula is C20H19NO4. The molecule has 3 aromatic rings. The molecule has 3 rings (SSSR count). The van der Waals surface area contributed by atoms with Gasteiger partial charge >= 0.3 is 0 Å². The van der Waals surface area contributed by atoms with Crippen molar-refractivity contribution in [3.63, 3.8) is 0 Å². The second-order valence-corrected chi connectivity index (χ2v) is 5.64. The third-order valence-electron chi connectivity index (χ3n) is 4.14. The highest BCUT2D eigenvalue weighted by atomic mass is 16.5. The van der Waals surface area contributed by atoms with Crippen molar-refractivity contribution in [3.05, 3.63) is 74.5 Å². The summed E-state index contributed by atoms with van der Waals surface area (Å²) in [7, 11) is 3.19. The molecule has 0 saturated carbocycles. The third-order valence-corrected chi connectivity index (χ3v) is 4.14. The fraction of sp³-hybridized carbons (Fsp3) is 0.200. The predicted molar refractivity (Wildman–Crippen MR) is 98.5 cm³/mol. The summed E-state index contributed by atoms with van der Waals surface area (Å²) in [5.74, 6) is 1.34. The van der Waals surface area contributed by atoms with Crippen LogP contribution < -0.4 is 25.6 Å². The van der Waals surface area contributed by atoms with Crippen LogP contribution in [-0.4, -0.2) is 20.8 Å². The number of rotatable bonds is 7. The molecular weight excluding hydrogens is 318 g/mol. The normalized spacial score (nSPS) is 10.6. The minimum Gasteiger partial charge on any atom is -0.493 e. The molecule has 128 valence electrons. The van der Waals surface area contributed by atoms with Gasteiger partial charge in [-0.05, 0) is 29.7 Å². The Morgan fingerprint density at radius 2 is 1.60 bits per heavy atom. The van der Waals surface area contributed by atoms with Gasteiger partial charge in [0, 0.05) is 6.54 Å². The van der Waals surface area contributed by atoms with Crippen molar-refractivity contribution in [2.45, 2.75) is 6.42 Å². The van der Waals surface area contributed by atoms with E-state index < -0.39 is 10.9 Å². The highest BCUT2D eigenvalue weighted by Crippen LogP contribution is 2.28. The van der Waals surface area contributed by atoms with Crippen LogP contribution in [0.1, 0.15) is 5.56 Å². The summed E-state index contributed by atoms with van der Waals surface area (Å²) < 4.78 is 10.5. The maximum absolute atomic E-state index is 11.9. The van der Waals surface area contributed by atoms with Crippen LogP contribution in [0.3, 0.4) is 0 Å². The lowest BCUT2D eigenvalue weighted by molar-refractivity contribution is 0.354. The molecule has 25 heavy (non-hydrogen) atoms. The molecule has 1 N–H and O–H groups in total. The van der Waals surface area contributed by atoms with Crippen molar-refractivity contribution in [1.82, 2.24) is 0 Å². The van der Waals surface area contributed by atoms with Crippen molar-refractivity contribution in [2.75, 3.05) is 26.1 Å². The van der Waals surface area contributed by atoms with E-state index in [1.807, 2.05) is 48.5 Å². The summed E-state index contributed by atoms with van der Waals surface area (Å²) in [6.07, 6.45) is 0.688. The number of nitrogens with one attached hydrogen (secondary N) is 1. The van der Waals surface area contributed by atoms with Gasteiger partial charge in [0.25, 0.3) is 0 Å². The first-order chi connectivity index (χ1) is 12.2. The maximum Gasteiger partial charge on any atom is 0.250 e. The van der Waals surface area contributed by atoms with Gasteiger partial charge in [-0.25, -0.2) is 0 Å². The quantitative estimate of drug-likeness (QED) is 0.672. The van der Waals surface area contributed by atoms with Gasteiger partial charge in [0.1, 0.15) is 0 Å². The Balaban J connectivity index is 1.71. The predicted octanol–water partition coefficient (Wildman–Crippen LogP) is 2.62. The highest BCUT2D eigenvalue weighted by Gasteiger charge is 2.21. The Kier molecular flexibility index (Phi) is 4.84. The summed E-state index contributed by atoms with van der Waals surface area (Å²) >= 11 is 0. The van der Waals surface area contributed by atoms with Gasteiger partial charge in [0.15, 0.2) is 11.5 Å². The standard InChI is InChI=1S/C20H19NO4/c1-24-15-9-8-13(12-16(15)25-2)10-11-21-18-17(19(22)20(18)23)14-6-4-3-5-7-14/h3-9,12,21H,10-11H2,1-2H3. The summed E-state index contributed by atoms with van der Waals surface area (Å²) in [6.45, 7) is 0.542. The van der Waals surface area contributed by atoms with E-state index in [0.717, 1.165) is 11.1 Å². The minimum absolute atomic E-state index is 0.400. The number of ether oxygens (including phenoxy) is 2. The molecule has 0 aliphatic heterocycles. The van der Waals surface area contributed by atoms with Crippen LogP contribution in [0.4, 0.5) is 5.69 Å². The van der Waals surface area contributed by atoms with Crippen molar-refractivity contribution >= 4 is 5.69 Å². The fourth-order valence-corrected chi connectivity index (χ4v) is 2.81. The minimum atomic E-state index is -0.453. The second kappa shape index (κ2) is 7.21. The van der Waals surface area contributed by atoms with Crippen molar-refractivity contribution in [1.29, 1.82) is 0 Å². The van der Waals surface area contributed by atoms with E-state index in [2.05, 4.69) is 5.32 Å². The van der Waals surface area contributed by atoms with Gasteiger partial charge in [-0.3, -0.25) is 9.59 Å². The van der Waals surface area contributed by atoms with E-state index in [9.17, 15) is 9.59 Å². The first-order valence-electron chi connectivity index (χ1n) is 7.99. The van der Waals surface area contributed by atoms with Gasteiger partial charge in [-0.15, -0.1) is 0 Å². The number of methoxy groups -OCH3 is 2. The van der Waals surface area contributed by atoms with Gasteiger partial charge < -0.3 is 14.8 Å². The Morgan fingerprint density at radius 1 is 0.880 bits per heavy atom. The van der Waals surface area contributed by atoms with Crippen LogP contribution in [0.15, 0.2) is 58.1 Å². The van der Waals surface area contributed by atoms with Crippen LogP contribution in [0.25, 0.3) is 11.1 Å². The highest BCUT2D eigenvalue weighted by molar-refractivity contribution is 5.81. The third kappa shape index (κ3) is 3.26. The van der Waals surface area contributed by atoms with Crippen LogP contribution >= 0.6 is 0 Å². The smallest absolute Gasteiger partial charge is 0.250 e. The number of benzene rings is 2. The lowest BCUT2D eigenvalue weighted by Gasteiger charge is -2.14. The van der Waals surface area contributed by atoms with E-state index in [-0.39, 0.29) is 0 Å². The van der Waals surface area contributed by atoms with Gasteiger partial charge in [0.05, 0.1) is 25.5 Å². The SMILES string of the molecule is COc1ccc(CCNc2c(-c3ccccc3)c(=O)c2=O)cc1OC. The molecule has 5 nitrogen and oxygen atoms in total. The summed E-state index contributed by atoms with van der Waals surface area (Å²) in [5.41, 5.74) is 1.80. The molecule has 0 atom stereocenters. The molecule has 0 heterocycles. The number of hydrogen-bond acceptors (Lipinski definition) is 5. The molecule has 0 unspecified atom stereocenters. The van der Waals surface area contributed by atoms with Crippen molar-refractivity contribution in [3.8, 4) is 22.6 Å². The van der Waals surface area contributed by atoms with Gasteiger partial charge in [-0.1, -0.05) is 36.4 Å². The summed E-state index contributed by atoms with van der Waals surface area (Å²) in [6, 6.07) is 14.9. The Labute approximate surface area is 145 Å². The number of anilines is 1. The van der Waals surface area contributed by atoms with E-state index in [0.29, 0.717) is 35.7 Å². The first kappa shape index (κ1) is 16.8. The van der Waals surface area contributed by atoms with Crippen LogP contribution in [0, 0.1) is 0 Å². The zero-order chi connectivity index (χ0) is 17.8. The summed E-state index contributed by atoms with van der Waals surface area (Å²) in [5, 5.41) is 3.10. The molecule has 0 aliphatic rings. The Hall–Kier alpha value is -3.08. The zero-order valence-corrected chi connectivity index (χ0v) is 14.2. The second-order valence-electron chi connectivity index (χ2n) is 5.64. The van der Waals surface area contributed by atoms with Gasteiger partial charge in [0.2, 0.25) is 10.9 Å². The monoisotopic (exact) mass is 337 g/mol. The number of hydrogen-bond donors (Lipinski definition) is 1. The van der Waals surface area contributed by atoms with Crippen LogP contribution in [0.5, 0.6) is 11.5 Å². The molecule has 0 radical (unpaired) electrons. The topological polar surface area (TPSA) is 64.6 Å². The average molecular weight is 337 g/mol. The van der Waals surface area contributed by atoms with Crippen molar-refractivity contribution in [2.24, 2.45) is 0 Å². The lowest BCUT2D eigenvalue weighted by Crippen LogP contribution is -2.36. The van der Waals surface area contributed by atoms with Crippen LogP contribution in [0.2, 0.25) is 0 Å². The van der Waals surface area contributed by atoms with E-state index >= 15 is 0 Å². The van der Waals surface area contributed by atoms with Crippen molar-refractivity contribution < 1.29 is 9.47 Å².